The molecule has 112 valence electrons. The molecule has 0 atom stereocenters. The van der Waals surface area contributed by atoms with E-state index in [1.807, 2.05) is 30.7 Å². The second kappa shape index (κ2) is 6.25. The van der Waals surface area contributed by atoms with E-state index in [9.17, 15) is 4.79 Å². The monoisotopic (exact) mass is 289 g/mol. The molecule has 2 rings (SSSR count). The predicted molar refractivity (Wildman–Crippen MR) is 79.2 cm³/mol. The molecule has 2 amide bonds. The molecule has 7 nitrogen and oxygen atoms in total. The topological polar surface area (TPSA) is 72.3 Å². The molecule has 0 saturated heterocycles. The summed E-state index contributed by atoms with van der Waals surface area (Å²) in [5.74, 6) is 2.24. The Bertz CT molecular complexity index is 638. The molecule has 1 N–H and O–H groups in total. The van der Waals surface area contributed by atoms with E-state index in [4.69, 9.17) is 4.74 Å². The Morgan fingerprint density at radius 1 is 1.43 bits per heavy atom. The van der Waals surface area contributed by atoms with Crippen LogP contribution in [0.1, 0.15) is 11.6 Å². The van der Waals surface area contributed by atoms with Gasteiger partial charge in [0.15, 0.2) is 5.82 Å². The standard InChI is InChI=1S/C14H19N5O2/c1-10-16-17-13(19(10)3)9-18(2)14(20)15-11-6-5-7-12(8-11)21-4/h5-8H,9H2,1-4H3,(H,15,20). The highest BCUT2D eigenvalue weighted by Crippen LogP contribution is 2.17. The van der Waals surface area contributed by atoms with Crippen molar-refractivity contribution in [3.63, 3.8) is 0 Å². The quantitative estimate of drug-likeness (QED) is 0.931. The summed E-state index contributed by atoms with van der Waals surface area (Å²) in [5, 5.41) is 10.8. The van der Waals surface area contributed by atoms with E-state index < -0.39 is 0 Å². The number of carbonyl (C=O) groups is 1. The molecule has 0 aliphatic heterocycles. The Labute approximate surface area is 123 Å². The minimum absolute atomic E-state index is 0.219. The molecule has 0 aliphatic carbocycles. The van der Waals surface area contributed by atoms with E-state index in [0.29, 0.717) is 18.0 Å². The van der Waals surface area contributed by atoms with Gasteiger partial charge in [-0.05, 0) is 19.1 Å². The number of carbonyl (C=O) groups excluding carboxylic acids is 1. The lowest BCUT2D eigenvalue weighted by Crippen LogP contribution is -2.31. The van der Waals surface area contributed by atoms with E-state index in [1.54, 1.807) is 31.2 Å². The number of anilines is 1. The third-order valence-electron chi connectivity index (χ3n) is 3.23. The van der Waals surface area contributed by atoms with Crippen LogP contribution in [0.3, 0.4) is 0 Å². The fourth-order valence-corrected chi connectivity index (χ4v) is 1.79. The number of aryl methyl sites for hydroxylation is 1. The fraction of sp³-hybridized carbons (Fsp3) is 0.357. The average molecular weight is 289 g/mol. The highest BCUT2D eigenvalue weighted by Gasteiger charge is 2.13. The number of aromatic nitrogens is 3. The van der Waals surface area contributed by atoms with Crippen LogP contribution in [0.25, 0.3) is 0 Å². The molecule has 0 fully saturated rings. The van der Waals surface area contributed by atoms with Crippen LogP contribution in [0.2, 0.25) is 0 Å². The summed E-state index contributed by atoms with van der Waals surface area (Å²) in [6, 6.07) is 6.99. The van der Waals surface area contributed by atoms with Gasteiger partial charge in [0.05, 0.1) is 13.7 Å². The number of benzene rings is 1. The molecule has 0 bridgehead atoms. The van der Waals surface area contributed by atoms with Crippen molar-refractivity contribution in [1.29, 1.82) is 0 Å². The van der Waals surface area contributed by atoms with Crippen LogP contribution in [0.5, 0.6) is 5.75 Å². The number of rotatable bonds is 4. The molecule has 2 aromatic rings. The predicted octanol–water partition coefficient (Wildman–Crippen LogP) is 1.80. The van der Waals surface area contributed by atoms with E-state index >= 15 is 0 Å². The van der Waals surface area contributed by atoms with Crippen molar-refractivity contribution < 1.29 is 9.53 Å². The van der Waals surface area contributed by atoms with Gasteiger partial charge < -0.3 is 19.5 Å². The lowest BCUT2D eigenvalue weighted by atomic mass is 10.3. The van der Waals surface area contributed by atoms with Gasteiger partial charge >= 0.3 is 6.03 Å². The number of methoxy groups -OCH3 is 1. The van der Waals surface area contributed by atoms with E-state index in [2.05, 4.69) is 15.5 Å². The highest BCUT2D eigenvalue weighted by molar-refractivity contribution is 5.89. The van der Waals surface area contributed by atoms with Crippen molar-refractivity contribution in [3.05, 3.63) is 35.9 Å². The zero-order valence-electron chi connectivity index (χ0n) is 12.6. The number of urea groups is 1. The summed E-state index contributed by atoms with van der Waals surface area (Å²) in [7, 11) is 5.17. The number of hydrogen-bond acceptors (Lipinski definition) is 4. The van der Waals surface area contributed by atoms with Gasteiger partial charge in [-0.3, -0.25) is 0 Å². The summed E-state index contributed by atoms with van der Waals surface area (Å²) >= 11 is 0. The van der Waals surface area contributed by atoms with Crippen LogP contribution in [0.4, 0.5) is 10.5 Å². The molecule has 0 spiro atoms. The van der Waals surface area contributed by atoms with E-state index in [1.165, 1.54) is 0 Å². The Morgan fingerprint density at radius 3 is 2.81 bits per heavy atom. The van der Waals surface area contributed by atoms with Crippen molar-refractivity contribution in [1.82, 2.24) is 19.7 Å². The molecule has 7 heteroatoms. The zero-order valence-corrected chi connectivity index (χ0v) is 12.6. The molecule has 21 heavy (non-hydrogen) atoms. The lowest BCUT2D eigenvalue weighted by molar-refractivity contribution is 0.219. The second-order valence-electron chi connectivity index (χ2n) is 4.74. The van der Waals surface area contributed by atoms with Crippen LogP contribution >= 0.6 is 0 Å². The molecule has 1 heterocycles. The molecular formula is C14H19N5O2. The Morgan fingerprint density at radius 2 is 2.19 bits per heavy atom. The molecule has 0 unspecified atom stereocenters. The van der Waals surface area contributed by atoms with Crippen LogP contribution in [0.15, 0.2) is 24.3 Å². The molecule has 1 aromatic carbocycles. The van der Waals surface area contributed by atoms with Crippen molar-refractivity contribution >= 4 is 11.7 Å². The van der Waals surface area contributed by atoms with Crippen LogP contribution in [-0.4, -0.2) is 39.9 Å². The summed E-state index contributed by atoms with van der Waals surface area (Å²) in [6.45, 7) is 2.25. The Hall–Kier alpha value is -2.57. The van der Waals surface area contributed by atoms with Crippen LogP contribution in [-0.2, 0) is 13.6 Å². The zero-order chi connectivity index (χ0) is 15.4. The van der Waals surface area contributed by atoms with Crippen molar-refractivity contribution in [2.24, 2.45) is 7.05 Å². The molecule has 0 saturated carbocycles. The van der Waals surface area contributed by atoms with E-state index in [-0.39, 0.29) is 6.03 Å². The Balaban J connectivity index is 2.00. The van der Waals surface area contributed by atoms with Crippen molar-refractivity contribution in [2.45, 2.75) is 13.5 Å². The molecular weight excluding hydrogens is 270 g/mol. The average Bonchev–Trinajstić information content (AvgIpc) is 2.79. The molecule has 0 aliphatic rings. The number of amides is 2. The van der Waals surface area contributed by atoms with Gasteiger partial charge in [-0.15, -0.1) is 10.2 Å². The smallest absolute Gasteiger partial charge is 0.321 e. The fourth-order valence-electron chi connectivity index (χ4n) is 1.79. The first-order chi connectivity index (χ1) is 10.0. The summed E-state index contributed by atoms with van der Waals surface area (Å²) in [5.41, 5.74) is 0.681. The summed E-state index contributed by atoms with van der Waals surface area (Å²) in [6.07, 6.45) is 0. The third kappa shape index (κ3) is 3.50. The highest BCUT2D eigenvalue weighted by atomic mass is 16.5. The van der Waals surface area contributed by atoms with Gasteiger partial charge in [0, 0.05) is 25.8 Å². The maximum atomic E-state index is 12.2. The van der Waals surface area contributed by atoms with Gasteiger partial charge in [-0.1, -0.05) is 6.07 Å². The first-order valence-electron chi connectivity index (χ1n) is 6.52. The largest absolute Gasteiger partial charge is 0.497 e. The number of ether oxygens (including phenoxy) is 1. The van der Waals surface area contributed by atoms with Gasteiger partial charge in [0.25, 0.3) is 0 Å². The molecule has 0 radical (unpaired) electrons. The second-order valence-corrected chi connectivity index (χ2v) is 4.74. The minimum atomic E-state index is -0.219. The number of nitrogens with one attached hydrogen (secondary N) is 1. The minimum Gasteiger partial charge on any atom is -0.497 e. The van der Waals surface area contributed by atoms with Crippen molar-refractivity contribution in [2.75, 3.05) is 19.5 Å². The van der Waals surface area contributed by atoms with Gasteiger partial charge in [-0.25, -0.2) is 4.79 Å². The van der Waals surface area contributed by atoms with Gasteiger partial charge in [-0.2, -0.15) is 0 Å². The normalized spacial score (nSPS) is 10.3. The van der Waals surface area contributed by atoms with Crippen molar-refractivity contribution in [3.8, 4) is 5.75 Å². The Kier molecular flexibility index (Phi) is 4.42. The van der Waals surface area contributed by atoms with Crippen LogP contribution in [0, 0.1) is 6.92 Å². The maximum absolute atomic E-state index is 12.2. The summed E-state index contributed by atoms with van der Waals surface area (Å²) in [4.78, 5) is 13.7. The number of hydrogen-bond donors (Lipinski definition) is 1. The first kappa shape index (κ1) is 14.8. The maximum Gasteiger partial charge on any atom is 0.321 e. The summed E-state index contributed by atoms with van der Waals surface area (Å²) < 4.78 is 6.98. The van der Waals surface area contributed by atoms with Crippen LogP contribution < -0.4 is 10.1 Å². The van der Waals surface area contributed by atoms with E-state index in [0.717, 1.165) is 11.6 Å². The third-order valence-corrected chi connectivity index (χ3v) is 3.23. The van der Waals surface area contributed by atoms with Gasteiger partial charge in [0.2, 0.25) is 0 Å². The first-order valence-corrected chi connectivity index (χ1v) is 6.52. The SMILES string of the molecule is COc1cccc(NC(=O)N(C)Cc2nnc(C)n2C)c1. The molecule has 1 aromatic heterocycles. The van der Waals surface area contributed by atoms with Gasteiger partial charge in [0.1, 0.15) is 11.6 Å². The lowest BCUT2D eigenvalue weighted by Gasteiger charge is -2.17. The number of nitrogens with zero attached hydrogens (tertiary/aromatic N) is 4.